The summed E-state index contributed by atoms with van der Waals surface area (Å²) >= 11 is 1.63. The lowest BCUT2D eigenvalue weighted by molar-refractivity contribution is 0.604. The first-order chi connectivity index (χ1) is 7.58. The molecule has 5 heteroatoms. The van der Waals surface area contributed by atoms with Crippen LogP contribution in [-0.2, 0) is 5.54 Å². The molecule has 0 atom stereocenters. The molecule has 0 aliphatic heterocycles. The maximum absolute atomic E-state index is 5.63. The fraction of sp³-hybridized carbons (Fsp3) is 0.273. The molecule has 0 unspecified atom stereocenters. The van der Waals surface area contributed by atoms with Crippen LogP contribution in [0.25, 0.3) is 0 Å². The van der Waals surface area contributed by atoms with Gasteiger partial charge in [-0.25, -0.2) is 9.97 Å². The molecule has 84 valence electrons. The van der Waals surface area contributed by atoms with Gasteiger partial charge in [0.25, 0.3) is 0 Å². The highest BCUT2D eigenvalue weighted by Crippen LogP contribution is 2.27. The number of rotatable bonds is 3. The van der Waals surface area contributed by atoms with Crippen molar-refractivity contribution in [2.75, 3.05) is 11.1 Å². The summed E-state index contributed by atoms with van der Waals surface area (Å²) in [4.78, 5) is 8.27. The van der Waals surface area contributed by atoms with Gasteiger partial charge in [-0.3, -0.25) is 0 Å². The average molecular weight is 234 g/mol. The van der Waals surface area contributed by atoms with E-state index in [0.717, 1.165) is 10.7 Å². The van der Waals surface area contributed by atoms with Crippen LogP contribution in [0, 0.1) is 0 Å². The third-order valence-electron chi connectivity index (χ3n) is 2.20. The molecule has 2 rings (SSSR count). The fourth-order valence-electron chi connectivity index (χ4n) is 1.47. The highest BCUT2D eigenvalue weighted by molar-refractivity contribution is 7.09. The second-order valence-electron chi connectivity index (χ2n) is 4.06. The Morgan fingerprint density at radius 3 is 2.75 bits per heavy atom. The highest BCUT2D eigenvalue weighted by Gasteiger charge is 2.22. The number of pyridine rings is 1. The zero-order valence-electron chi connectivity index (χ0n) is 9.27. The topological polar surface area (TPSA) is 63.8 Å². The second-order valence-corrected chi connectivity index (χ2v) is 4.95. The lowest BCUT2D eigenvalue weighted by atomic mass is 10.1. The Labute approximate surface area is 98.6 Å². The van der Waals surface area contributed by atoms with Gasteiger partial charge in [0.15, 0.2) is 0 Å². The van der Waals surface area contributed by atoms with Crippen LogP contribution in [0.1, 0.15) is 18.9 Å². The van der Waals surface area contributed by atoms with Crippen LogP contribution in [0.4, 0.5) is 11.5 Å². The Morgan fingerprint density at radius 2 is 2.12 bits per heavy atom. The van der Waals surface area contributed by atoms with Crippen molar-refractivity contribution in [2.24, 2.45) is 0 Å². The number of nitrogen functional groups attached to an aromatic ring is 1. The number of aromatic nitrogens is 2. The molecule has 2 aromatic heterocycles. The Kier molecular flexibility index (Phi) is 2.78. The molecule has 2 aromatic rings. The molecule has 0 fully saturated rings. The molecule has 0 saturated carbocycles. The van der Waals surface area contributed by atoms with Crippen molar-refractivity contribution in [3.8, 4) is 0 Å². The minimum absolute atomic E-state index is 0.206. The summed E-state index contributed by atoms with van der Waals surface area (Å²) in [6.45, 7) is 4.17. The standard InChI is InChI=1S/C11H14N4S/c1-11(2,10-14-5-6-16-10)15-8-3-4-13-9(12)7-8/h3-7H,1-2H3,(H3,12,13,15). The van der Waals surface area contributed by atoms with E-state index in [1.54, 1.807) is 17.5 Å². The van der Waals surface area contributed by atoms with Crippen LogP contribution < -0.4 is 11.1 Å². The number of hydrogen-bond donors (Lipinski definition) is 2. The Balaban J connectivity index is 2.21. The minimum Gasteiger partial charge on any atom is -0.384 e. The molecule has 0 saturated heterocycles. The van der Waals surface area contributed by atoms with E-state index in [2.05, 4.69) is 29.1 Å². The van der Waals surface area contributed by atoms with Crippen LogP contribution in [0.2, 0.25) is 0 Å². The van der Waals surface area contributed by atoms with Gasteiger partial charge in [-0.05, 0) is 19.9 Å². The molecule has 0 aromatic carbocycles. The quantitative estimate of drug-likeness (QED) is 0.856. The SMILES string of the molecule is CC(C)(Nc1ccnc(N)c1)c1nccs1. The largest absolute Gasteiger partial charge is 0.384 e. The van der Waals surface area contributed by atoms with Crippen molar-refractivity contribution in [3.05, 3.63) is 34.9 Å². The molecule has 3 N–H and O–H groups in total. The first-order valence-corrected chi connectivity index (χ1v) is 5.85. The Bertz CT molecular complexity index is 465. The maximum atomic E-state index is 5.63. The zero-order chi connectivity index (χ0) is 11.6. The van der Waals surface area contributed by atoms with Gasteiger partial charge in [0.1, 0.15) is 10.8 Å². The number of anilines is 2. The first kappa shape index (κ1) is 10.9. The monoisotopic (exact) mass is 234 g/mol. The molecule has 0 amide bonds. The van der Waals surface area contributed by atoms with E-state index in [1.165, 1.54) is 0 Å². The maximum Gasteiger partial charge on any atom is 0.125 e. The molecule has 2 heterocycles. The third-order valence-corrected chi connectivity index (χ3v) is 3.30. The molecular weight excluding hydrogens is 220 g/mol. The van der Waals surface area contributed by atoms with Gasteiger partial charge in [-0.15, -0.1) is 11.3 Å². The van der Waals surface area contributed by atoms with E-state index < -0.39 is 0 Å². The fourth-order valence-corrected chi connectivity index (χ4v) is 2.19. The summed E-state index contributed by atoms with van der Waals surface area (Å²) in [5, 5.41) is 6.41. The van der Waals surface area contributed by atoms with Gasteiger partial charge >= 0.3 is 0 Å². The predicted molar refractivity (Wildman–Crippen MR) is 67.4 cm³/mol. The van der Waals surface area contributed by atoms with Gasteiger partial charge in [0.2, 0.25) is 0 Å². The van der Waals surface area contributed by atoms with Gasteiger partial charge in [0, 0.05) is 29.5 Å². The van der Waals surface area contributed by atoms with E-state index >= 15 is 0 Å². The van der Waals surface area contributed by atoms with Crippen molar-refractivity contribution in [1.29, 1.82) is 0 Å². The normalized spacial score (nSPS) is 11.4. The summed E-state index contributed by atoms with van der Waals surface area (Å²) in [5.41, 5.74) is 6.38. The number of thiazole rings is 1. The molecule has 0 aliphatic carbocycles. The second kappa shape index (κ2) is 4.09. The van der Waals surface area contributed by atoms with Crippen LogP contribution in [0.5, 0.6) is 0 Å². The third kappa shape index (κ3) is 2.30. The lowest BCUT2D eigenvalue weighted by Crippen LogP contribution is -2.27. The van der Waals surface area contributed by atoms with E-state index in [-0.39, 0.29) is 5.54 Å². The number of nitrogens with zero attached hydrogens (tertiary/aromatic N) is 2. The Morgan fingerprint density at radius 1 is 1.31 bits per heavy atom. The first-order valence-electron chi connectivity index (χ1n) is 4.97. The van der Waals surface area contributed by atoms with E-state index in [0.29, 0.717) is 5.82 Å². The van der Waals surface area contributed by atoms with Crippen LogP contribution in [0.15, 0.2) is 29.9 Å². The molecular formula is C11H14N4S. The van der Waals surface area contributed by atoms with Crippen molar-refractivity contribution in [1.82, 2.24) is 9.97 Å². The average Bonchev–Trinajstić information content (AvgIpc) is 2.69. The summed E-state index contributed by atoms with van der Waals surface area (Å²) < 4.78 is 0. The molecule has 4 nitrogen and oxygen atoms in total. The number of nitrogens with one attached hydrogen (secondary N) is 1. The highest BCUT2D eigenvalue weighted by atomic mass is 32.1. The van der Waals surface area contributed by atoms with Crippen LogP contribution in [-0.4, -0.2) is 9.97 Å². The van der Waals surface area contributed by atoms with Crippen LogP contribution in [0.3, 0.4) is 0 Å². The van der Waals surface area contributed by atoms with Gasteiger partial charge in [-0.2, -0.15) is 0 Å². The van der Waals surface area contributed by atoms with Gasteiger partial charge < -0.3 is 11.1 Å². The van der Waals surface area contributed by atoms with E-state index in [9.17, 15) is 0 Å². The lowest BCUT2D eigenvalue weighted by Gasteiger charge is -2.25. The summed E-state index contributed by atoms with van der Waals surface area (Å²) in [7, 11) is 0. The van der Waals surface area contributed by atoms with Crippen molar-refractivity contribution >= 4 is 22.8 Å². The molecule has 16 heavy (non-hydrogen) atoms. The molecule has 0 aliphatic rings. The van der Waals surface area contributed by atoms with E-state index in [1.807, 2.05) is 23.7 Å². The summed E-state index contributed by atoms with van der Waals surface area (Å²) in [6.07, 6.45) is 3.50. The minimum atomic E-state index is -0.206. The van der Waals surface area contributed by atoms with Crippen molar-refractivity contribution in [3.63, 3.8) is 0 Å². The predicted octanol–water partition coefficient (Wildman–Crippen LogP) is 2.47. The van der Waals surface area contributed by atoms with Crippen LogP contribution >= 0.6 is 11.3 Å². The van der Waals surface area contributed by atoms with E-state index in [4.69, 9.17) is 5.73 Å². The summed E-state index contributed by atoms with van der Waals surface area (Å²) in [5.74, 6) is 0.514. The smallest absolute Gasteiger partial charge is 0.125 e. The molecule has 0 spiro atoms. The number of nitrogens with two attached hydrogens (primary N) is 1. The van der Waals surface area contributed by atoms with Gasteiger partial charge in [-0.1, -0.05) is 0 Å². The molecule has 0 radical (unpaired) electrons. The van der Waals surface area contributed by atoms with Crippen molar-refractivity contribution < 1.29 is 0 Å². The zero-order valence-corrected chi connectivity index (χ0v) is 10.1. The summed E-state index contributed by atoms with van der Waals surface area (Å²) in [6, 6.07) is 3.71. The van der Waals surface area contributed by atoms with Crippen molar-refractivity contribution in [2.45, 2.75) is 19.4 Å². The number of hydrogen-bond acceptors (Lipinski definition) is 5. The Hall–Kier alpha value is -1.62. The van der Waals surface area contributed by atoms with Gasteiger partial charge in [0.05, 0.1) is 5.54 Å². The molecule has 0 bridgehead atoms.